The molecule has 2 aromatic carbocycles. The van der Waals surface area contributed by atoms with Crippen molar-refractivity contribution >= 4 is 0 Å². The molecule has 6 heteroatoms. The third-order valence-electron chi connectivity index (χ3n) is 4.16. The van der Waals surface area contributed by atoms with E-state index in [4.69, 9.17) is 25.8 Å². The van der Waals surface area contributed by atoms with Gasteiger partial charge >= 0.3 is 0 Å². The number of methoxy groups -OCH3 is 1. The first kappa shape index (κ1) is 24.5. The number of nitrogens with zero attached hydrogens (tertiary/aromatic N) is 4. The van der Waals surface area contributed by atoms with Gasteiger partial charge in [0.15, 0.2) is 11.1 Å². The fourth-order valence-corrected chi connectivity index (χ4v) is 2.68. The molecule has 0 fully saturated rings. The Bertz CT molecular complexity index is 1120. The van der Waals surface area contributed by atoms with Crippen LogP contribution >= 0.6 is 0 Å². The lowest BCUT2D eigenvalue weighted by molar-refractivity contribution is 0.281. The number of hydrogen-bond donors (Lipinski definition) is 1. The Morgan fingerprint density at radius 2 is 1.23 bits per heavy atom. The summed E-state index contributed by atoms with van der Waals surface area (Å²) in [4.78, 5) is 0. The van der Waals surface area contributed by atoms with E-state index in [1.165, 1.54) is 7.11 Å². The van der Waals surface area contributed by atoms with Crippen LogP contribution < -0.4 is 0 Å². The zero-order chi connectivity index (χ0) is 23.2. The van der Waals surface area contributed by atoms with E-state index in [1.54, 1.807) is 12.1 Å². The maximum absolute atomic E-state index is 9.49. The second kappa shape index (κ2) is 12.8. The Hall–Kier alpha value is -4.52. The summed E-state index contributed by atoms with van der Waals surface area (Å²) in [6.45, 7) is 3.94. The van der Waals surface area contributed by atoms with Crippen LogP contribution in [0.2, 0.25) is 0 Å². The zero-order valence-electron chi connectivity index (χ0n) is 17.7. The molecule has 2 rings (SSSR count). The van der Waals surface area contributed by atoms with Gasteiger partial charge in [-0.1, -0.05) is 59.7 Å². The second-order valence-electron chi connectivity index (χ2n) is 6.60. The lowest BCUT2D eigenvalue weighted by atomic mass is 10.1. The van der Waals surface area contributed by atoms with Crippen molar-refractivity contribution in [3.05, 3.63) is 93.4 Å². The molecule has 0 aliphatic heterocycles. The van der Waals surface area contributed by atoms with Gasteiger partial charge in [-0.25, -0.2) is 0 Å². The summed E-state index contributed by atoms with van der Waals surface area (Å²) in [5.41, 5.74) is 3.94. The average Bonchev–Trinajstić information content (AvgIpc) is 2.75. The Morgan fingerprint density at radius 3 is 1.61 bits per heavy atom. The Labute approximate surface area is 182 Å². The topological polar surface area (TPSA) is 125 Å². The van der Waals surface area contributed by atoms with E-state index in [0.717, 1.165) is 22.3 Å². The molecule has 2 aromatic rings. The van der Waals surface area contributed by atoms with Gasteiger partial charge in [-0.2, -0.15) is 21.0 Å². The van der Waals surface area contributed by atoms with E-state index >= 15 is 0 Å². The van der Waals surface area contributed by atoms with Gasteiger partial charge in [0, 0.05) is 12.8 Å². The van der Waals surface area contributed by atoms with Crippen LogP contribution in [0.15, 0.2) is 71.2 Å². The van der Waals surface area contributed by atoms with E-state index in [9.17, 15) is 5.11 Å². The molecule has 0 aliphatic carbocycles. The number of allylic oxidation sites excluding steroid dienone is 4. The van der Waals surface area contributed by atoms with Crippen molar-refractivity contribution in [2.45, 2.75) is 26.7 Å². The first-order valence-corrected chi connectivity index (χ1v) is 9.29. The maximum Gasteiger partial charge on any atom is 0.167 e. The number of hydrogen-bond acceptors (Lipinski definition) is 6. The van der Waals surface area contributed by atoms with Crippen molar-refractivity contribution < 1.29 is 9.84 Å². The monoisotopic (exact) mass is 410 g/mol. The minimum absolute atomic E-state index is 0.0315. The molecular formula is C25H22N4O2. The van der Waals surface area contributed by atoms with Gasteiger partial charge in [0.25, 0.3) is 0 Å². The standard InChI is InChI=1S/C13H12N2O.C12H10N2O/c1-10-4-3-5-11(6-10)7-13(16-2)12(8-14)9-15;1-9-3-2-4-10(5-9)6-12(15)11(7-13)8-14/h3-6H,7H2,1-2H3;2-5,15H,6H2,1H3. The minimum Gasteiger partial charge on any atom is -0.510 e. The number of rotatable bonds is 5. The summed E-state index contributed by atoms with van der Waals surface area (Å²) >= 11 is 0. The van der Waals surface area contributed by atoms with Gasteiger partial charge in [0.1, 0.15) is 35.8 Å². The lowest BCUT2D eigenvalue weighted by Gasteiger charge is -2.06. The molecular weight excluding hydrogens is 388 g/mol. The number of ether oxygens (including phenoxy) is 1. The molecule has 0 spiro atoms. The van der Waals surface area contributed by atoms with Crippen molar-refractivity contribution in [1.82, 2.24) is 0 Å². The molecule has 31 heavy (non-hydrogen) atoms. The Balaban J connectivity index is 0.000000311. The number of aryl methyl sites for hydroxylation is 2. The first-order valence-electron chi connectivity index (χ1n) is 9.29. The minimum atomic E-state index is -0.225. The van der Waals surface area contributed by atoms with Crippen LogP contribution in [0.25, 0.3) is 0 Å². The highest BCUT2D eigenvalue weighted by Gasteiger charge is 2.07. The molecule has 0 saturated carbocycles. The van der Waals surface area contributed by atoms with Gasteiger partial charge in [-0.15, -0.1) is 0 Å². The molecule has 0 atom stereocenters. The normalized spacial score (nSPS) is 8.74. The predicted octanol–water partition coefficient (Wildman–Crippen LogP) is 4.88. The number of nitriles is 4. The molecule has 1 N–H and O–H groups in total. The highest BCUT2D eigenvalue weighted by atomic mass is 16.5. The largest absolute Gasteiger partial charge is 0.510 e. The van der Waals surface area contributed by atoms with E-state index in [0.29, 0.717) is 12.2 Å². The zero-order valence-corrected chi connectivity index (χ0v) is 17.7. The van der Waals surface area contributed by atoms with Crippen LogP contribution in [0.4, 0.5) is 0 Å². The SMILES string of the molecule is COC(Cc1cccc(C)c1)=C(C#N)C#N.Cc1cccc(CC(O)=C(C#N)C#N)c1. The molecule has 0 bridgehead atoms. The summed E-state index contributed by atoms with van der Waals surface area (Å²) in [5, 5.41) is 44.1. The van der Waals surface area contributed by atoms with Crippen LogP contribution in [0.5, 0.6) is 0 Å². The summed E-state index contributed by atoms with van der Waals surface area (Å²) in [5.74, 6) is 0.237. The van der Waals surface area contributed by atoms with E-state index in [-0.39, 0.29) is 23.3 Å². The molecule has 154 valence electrons. The molecule has 6 nitrogen and oxygen atoms in total. The predicted molar refractivity (Wildman–Crippen MR) is 116 cm³/mol. The van der Waals surface area contributed by atoms with Crippen molar-refractivity contribution in [1.29, 1.82) is 21.0 Å². The highest BCUT2D eigenvalue weighted by molar-refractivity contribution is 5.40. The fraction of sp³-hybridized carbons (Fsp3) is 0.200. The third kappa shape index (κ3) is 8.16. The van der Waals surface area contributed by atoms with E-state index in [2.05, 4.69) is 0 Å². The molecule has 0 aliphatic rings. The smallest absolute Gasteiger partial charge is 0.167 e. The van der Waals surface area contributed by atoms with Gasteiger partial charge in [0.05, 0.1) is 7.11 Å². The van der Waals surface area contributed by atoms with Crippen LogP contribution in [0, 0.1) is 59.2 Å². The Morgan fingerprint density at radius 1 is 0.774 bits per heavy atom. The highest BCUT2D eigenvalue weighted by Crippen LogP contribution is 2.14. The lowest BCUT2D eigenvalue weighted by Crippen LogP contribution is -1.97. The molecule has 0 radical (unpaired) electrons. The summed E-state index contributed by atoms with van der Waals surface area (Å²) in [6.07, 6.45) is 0.687. The van der Waals surface area contributed by atoms with Gasteiger partial charge in [0.2, 0.25) is 0 Å². The summed E-state index contributed by atoms with van der Waals surface area (Å²) < 4.78 is 5.07. The molecule has 0 saturated heterocycles. The number of aliphatic hydroxyl groups excluding tert-OH is 1. The number of aliphatic hydroxyl groups is 1. The Kier molecular flexibility index (Phi) is 10.2. The first-order chi connectivity index (χ1) is 14.9. The maximum atomic E-state index is 9.49. The van der Waals surface area contributed by atoms with E-state index in [1.807, 2.05) is 74.5 Å². The van der Waals surface area contributed by atoms with Crippen LogP contribution in [0.3, 0.4) is 0 Å². The molecule has 0 amide bonds. The number of benzene rings is 2. The van der Waals surface area contributed by atoms with Crippen molar-refractivity contribution in [3.8, 4) is 24.3 Å². The summed E-state index contributed by atoms with van der Waals surface area (Å²) in [6, 6.07) is 22.4. The van der Waals surface area contributed by atoms with Gasteiger partial charge in [-0.05, 0) is 25.0 Å². The van der Waals surface area contributed by atoms with Crippen LogP contribution in [-0.4, -0.2) is 12.2 Å². The molecule has 0 unspecified atom stereocenters. The van der Waals surface area contributed by atoms with Gasteiger partial charge < -0.3 is 9.84 Å². The fourth-order valence-electron chi connectivity index (χ4n) is 2.68. The van der Waals surface area contributed by atoms with Crippen LogP contribution in [-0.2, 0) is 17.6 Å². The van der Waals surface area contributed by atoms with Crippen LogP contribution in [0.1, 0.15) is 22.3 Å². The average molecular weight is 410 g/mol. The molecule has 0 aromatic heterocycles. The van der Waals surface area contributed by atoms with Crippen molar-refractivity contribution in [2.24, 2.45) is 0 Å². The van der Waals surface area contributed by atoms with Gasteiger partial charge in [-0.3, -0.25) is 0 Å². The third-order valence-corrected chi connectivity index (χ3v) is 4.16. The summed E-state index contributed by atoms with van der Waals surface area (Å²) in [7, 11) is 1.47. The molecule has 0 heterocycles. The quantitative estimate of drug-likeness (QED) is 0.553. The van der Waals surface area contributed by atoms with E-state index < -0.39 is 0 Å². The van der Waals surface area contributed by atoms with Crippen molar-refractivity contribution in [3.63, 3.8) is 0 Å². The second-order valence-corrected chi connectivity index (χ2v) is 6.60. The van der Waals surface area contributed by atoms with Crippen molar-refractivity contribution in [2.75, 3.05) is 7.11 Å².